The smallest absolute Gasteiger partial charge is 0.153 e. The van der Waals surface area contributed by atoms with E-state index in [1.165, 1.54) is 0 Å². The van der Waals surface area contributed by atoms with Crippen molar-refractivity contribution in [3.63, 3.8) is 0 Å². The van der Waals surface area contributed by atoms with Gasteiger partial charge >= 0.3 is 0 Å². The largest absolute Gasteiger partial charge is 0.389 e. The fourth-order valence-electron chi connectivity index (χ4n) is 1.45. The van der Waals surface area contributed by atoms with Crippen LogP contribution < -0.4 is 17.3 Å². The van der Waals surface area contributed by atoms with Crippen LogP contribution in [0.15, 0.2) is 41.5 Å². The lowest BCUT2D eigenvalue weighted by atomic mass is 10.2. The summed E-state index contributed by atoms with van der Waals surface area (Å²) >= 11 is 4.48. The van der Waals surface area contributed by atoms with E-state index in [4.69, 9.17) is 17.3 Å². The molecule has 0 aliphatic rings. The Kier molecular flexibility index (Phi) is 6.46. The van der Waals surface area contributed by atoms with E-state index in [1.54, 1.807) is 0 Å². The summed E-state index contributed by atoms with van der Waals surface area (Å²) in [6, 6.07) is 5.85. The molecule has 2 aromatic carbocycles. The number of benzene rings is 2. The van der Waals surface area contributed by atoms with Gasteiger partial charge in [0.2, 0.25) is 0 Å². The Balaban J connectivity index is 0.000000231. The minimum Gasteiger partial charge on any atom is -0.389 e. The molecule has 23 heavy (non-hydrogen) atoms. The summed E-state index contributed by atoms with van der Waals surface area (Å²) in [6.07, 6.45) is 0. The van der Waals surface area contributed by atoms with Gasteiger partial charge in [-0.2, -0.15) is 5.10 Å². The number of nitrogens with zero attached hydrogens (tertiary/aromatic N) is 1. The van der Waals surface area contributed by atoms with Gasteiger partial charge in [0.1, 0.15) is 28.3 Å². The SMILES string of the molecule is NC(=S)c1cc(F)ccc1F.NN=C(N)c1cc(F)ccc1F. The maximum Gasteiger partial charge on any atom is 0.153 e. The van der Waals surface area contributed by atoms with E-state index in [9.17, 15) is 17.6 Å². The van der Waals surface area contributed by atoms with Crippen LogP contribution in [0.2, 0.25) is 0 Å². The van der Waals surface area contributed by atoms with Gasteiger partial charge < -0.3 is 17.3 Å². The van der Waals surface area contributed by atoms with Crippen LogP contribution >= 0.6 is 12.2 Å². The van der Waals surface area contributed by atoms with Crippen molar-refractivity contribution in [1.82, 2.24) is 0 Å². The highest BCUT2D eigenvalue weighted by atomic mass is 32.1. The third-order valence-corrected chi connectivity index (χ3v) is 2.76. The first kappa shape index (κ1) is 18.4. The topological polar surface area (TPSA) is 90.4 Å². The van der Waals surface area contributed by atoms with Crippen LogP contribution in [-0.4, -0.2) is 10.8 Å². The van der Waals surface area contributed by atoms with E-state index in [-0.39, 0.29) is 22.0 Å². The van der Waals surface area contributed by atoms with Gasteiger partial charge in [-0.05, 0) is 36.4 Å². The van der Waals surface area contributed by atoms with Crippen molar-refractivity contribution >= 4 is 23.0 Å². The zero-order valence-electron chi connectivity index (χ0n) is 11.6. The molecule has 0 fully saturated rings. The predicted molar refractivity (Wildman–Crippen MR) is 83.5 cm³/mol. The van der Waals surface area contributed by atoms with Gasteiger partial charge in [-0.25, -0.2) is 17.6 Å². The molecule has 0 aromatic heterocycles. The molecule has 0 atom stereocenters. The zero-order chi connectivity index (χ0) is 17.6. The molecule has 9 heteroatoms. The summed E-state index contributed by atoms with van der Waals surface area (Å²) in [5.41, 5.74) is 10.1. The Labute approximate surface area is 134 Å². The van der Waals surface area contributed by atoms with Crippen molar-refractivity contribution in [3.05, 3.63) is 70.8 Å². The van der Waals surface area contributed by atoms with Crippen molar-refractivity contribution in [1.29, 1.82) is 0 Å². The molecule has 2 rings (SSSR count). The van der Waals surface area contributed by atoms with Gasteiger partial charge in [-0.1, -0.05) is 12.2 Å². The number of amidine groups is 1. The monoisotopic (exact) mass is 344 g/mol. The van der Waals surface area contributed by atoms with E-state index in [1.807, 2.05) is 0 Å². The fourth-order valence-corrected chi connectivity index (χ4v) is 1.61. The zero-order valence-corrected chi connectivity index (χ0v) is 12.4. The molecule has 0 saturated heterocycles. The average Bonchev–Trinajstić information content (AvgIpc) is 2.51. The van der Waals surface area contributed by atoms with E-state index in [0.29, 0.717) is 0 Å². The molecule has 4 nitrogen and oxygen atoms in total. The summed E-state index contributed by atoms with van der Waals surface area (Å²) in [5.74, 6) is 2.19. The highest BCUT2D eigenvalue weighted by Gasteiger charge is 2.07. The summed E-state index contributed by atoms with van der Waals surface area (Å²) < 4.78 is 50.5. The van der Waals surface area contributed by atoms with E-state index in [0.717, 1.165) is 36.4 Å². The van der Waals surface area contributed by atoms with E-state index < -0.39 is 23.3 Å². The summed E-state index contributed by atoms with van der Waals surface area (Å²) in [4.78, 5) is -0.137. The quantitative estimate of drug-likeness (QED) is 0.194. The summed E-state index contributed by atoms with van der Waals surface area (Å²) in [5, 5.41) is 3.05. The van der Waals surface area contributed by atoms with Crippen molar-refractivity contribution in [2.75, 3.05) is 0 Å². The summed E-state index contributed by atoms with van der Waals surface area (Å²) in [7, 11) is 0. The fraction of sp³-hybridized carbons (Fsp3) is 0. The molecule has 2 aromatic rings. The minimum absolute atomic E-state index is 0.0556. The standard InChI is InChI=1S/C7H7F2N3.C7H5F2NS/c8-4-1-2-6(9)5(3-4)7(10)12-11;8-4-1-2-6(9)5(3-4)7(10)11/h1-3H,11H2,(H2,10,12);1-3H,(H2,10,11). The molecule has 0 unspecified atom stereocenters. The van der Waals surface area contributed by atoms with Gasteiger partial charge in [-0.3, -0.25) is 0 Å². The van der Waals surface area contributed by atoms with Crippen LogP contribution in [0.1, 0.15) is 11.1 Å². The number of nitrogens with two attached hydrogens (primary N) is 3. The lowest BCUT2D eigenvalue weighted by molar-refractivity contribution is 0.597. The Morgan fingerprint density at radius 3 is 1.65 bits per heavy atom. The van der Waals surface area contributed by atoms with Crippen molar-refractivity contribution in [2.45, 2.75) is 0 Å². The molecular formula is C14H12F4N4S. The Bertz CT molecular complexity index is 750. The maximum atomic E-state index is 12.8. The highest BCUT2D eigenvalue weighted by Crippen LogP contribution is 2.09. The van der Waals surface area contributed by atoms with Crippen LogP contribution in [0.3, 0.4) is 0 Å². The highest BCUT2D eigenvalue weighted by molar-refractivity contribution is 7.80. The number of rotatable bonds is 2. The second-order valence-corrected chi connectivity index (χ2v) is 4.57. The molecule has 0 spiro atoms. The Hall–Kier alpha value is -2.68. The lowest BCUT2D eigenvalue weighted by Crippen LogP contribution is -2.17. The van der Waals surface area contributed by atoms with Gasteiger partial charge in [0.15, 0.2) is 5.84 Å². The van der Waals surface area contributed by atoms with Crippen LogP contribution in [0, 0.1) is 23.3 Å². The second-order valence-electron chi connectivity index (χ2n) is 4.13. The van der Waals surface area contributed by atoms with Gasteiger partial charge in [0.05, 0.1) is 5.56 Å². The number of hydrogen-bond donors (Lipinski definition) is 3. The first-order valence-corrected chi connectivity index (χ1v) is 6.40. The maximum absolute atomic E-state index is 12.8. The number of thiocarbonyl (C=S) groups is 1. The van der Waals surface area contributed by atoms with Crippen molar-refractivity contribution in [3.8, 4) is 0 Å². The first-order chi connectivity index (χ1) is 10.8. The van der Waals surface area contributed by atoms with Crippen LogP contribution in [-0.2, 0) is 0 Å². The van der Waals surface area contributed by atoms with Gasteiger partial charge in [0, 0.05) is 5.56 Å². The first-order valence-electron chi connectivity index (χ1n) is 6.00. The lowest BCUT2D eigenvalue weighted by Gasteiger charge is -2.00. The van der Waals surface area contributed by atoms with Gasteiger partial charge in [-0.15, -0.1) is 0 Å². The minimum atomic E-state index is -0.650. The van der Waals surface area contributed by atoms with Crippen LogP contribution in [0.25, 0.3) is 0 Å². The molecule has 0 radical (unpaired) electrons. The Morgan fingerprint density at radius 1 is 0.826 bits per heavy atom. The number of halogens is 4. The van der Waals surface area contributed by atoms with Gasteiger partial charge in [0.25, 0.3) is 0 Å². The molecule has 0 heterocycles. The molecule has 0 aliphatic carbocycles. The normalized spacial score (nSPS) is 10.7. The molecule has 0 bridgehead atoms. The van der Waals surface area contributed by atoms with Crippen LogP contribution in [0.4, 0.5) is 17.6 Å². The molecular weight excluding hydrogens is 332 g/mol. The average molecular weight is 344 g/mol. The molecule has 0 amide bonds. The molecule has 122 valence electrons. The number of hydrazone groups is 1. The summed E-state index contributed by atoms with van der Waals surface area (Å²) in [6.45, 7) is 0. The third kappa shape index (κ3) is 5.22. The molecule has 0 saturated carbocycles. The Morgan fingerprint density at radius 2 is 1.26 bits per heavy atom. The van der Waals surface area contributed by atoms with Crippen molar-refractivity contribution in [2.24, 2.45) is 22.4 Å². The molecule has 6 N–H and O–H groups in total. The van der Waals surface area contributed by atoms with Crippen LogP contribution in [0.5, 0.6) is 0 Å². The molecule has 0 aliphatic heterocycles. The van der Waals surface area contributed by atoms with E-state index >= 15 is 0 Å². The second kappa shape index (κ2) is 8.08. The predicted octanol–water partition coefficient (Wildman–Crippen LogP) is 2.14. The third-order valence-electron chi connectivity index (χ3n) is 2.54. The van der Waals surface area contributed by atoms with Crippen molar-refractivity contribution < 1.29 is 17.6 Å². The number of hydrogen-bond acceptors (Lipinski definition) is 3. The van der Waals surface area contributed by atoms with E-state index in [2.05, 4.69) is 17.3 Å².